The predicted octanol–water partition coefficient (Wildman–Crippen LogP) is 2.18. The van der Waals surface area contributed by atoms with Crippen molar-refractivity contribution in [3.05, 3.63) is 41.5 Å². The Balaban J connectivity index is 0.00000312. The first-order valence-corrected chi connectivity index (χ1v) is 8.16. The smallest absolute Gasteiger partial charge is 0.191 e. The first-order valence-electron chi connectivity index (χ1n) is 8.16. The van der Waals surface area contributed by atoms with Crippen LogP contribution in [0.5, 0.6) is 5.75 Å². The number of guanidine groups is 1. The van der Waals surface area contributed by atoms with Crippen molar-refractivity contribution in [2.24, 2.45) is 12.0 Å². The van der Waals surface area contributed by atoms with E-state index in [-0.39, 0.29) is 24.0 Å². The molecular formula is C17H27IN6O. The number of hydrogen-bond donors (Lipinski definition) is 2. The van der Waals surface area contributed by atoms with Crippen LogP contribution < -0.4 is 15.4 Å². The molecule has 1 aromatic heterocycles. The maximum absolute atomic E-state index is 5.89. The number of aliphatic imine (C=N–C) groups is 1. The van der Waals surface area contributed by atoms with E-state index >= 15 is 0 Å². The molecule has 0 unspecified atom stereocenters. The van der Waals surface area contributed by atoms with Gasteiger partial charge in [-0.05, 0) is 31.9 Å². The largest absolute Gasteiger partial charge is 0.491 e. The SMILES string of the molecule is CCNC(=NCc1ncnn1C)NCCOc1c(C)cccc1C.I. The lowest BCUT2D eigenvalue weighted by Gasteiger charge is -2.14. The quantitative estimate of drug-likeness (QED) is 0.288. The van der Waals surface area contributed by atoms with E-state index in [0.29, 0.717) is 19.7 Å². The van der Waals surface area contributed by atoms with Crippen LogP contribution in [0.3, 0.4) is 0 Å². The van der Waals surface area contributed by atoms with Gasteiger partial charge >= 0.3 is 0 Å². The third-order valence-corrected chi connectivity index (χ3v) is 3.58. The summed E-state index contributed by atoms with van der Waals surface area (Å²) >= 11 is 0. The highest BCUT2D eigenvalue weighted by atomic mass is 127. The minimum absolute atomic E-state index is 0. The molecule has 138 valence electrons. The lowest BCUT2D eigenvalue weighted by Crippen LogP contribution is -2.39. The van der Waals surface area contributed by atoms with Crippen molar-refractivity contribution in [1.29, 1.82) is 0 Å². The van der Waals surface area contributed by atoms with E-state index in [1.807, 2.05) is 20.0 Å². The number of rotatable bonds is 7. The fourth-order valence-corrected chi connectivity index (χ4v) is 2.30. The number of nitrogens with zero attached hydrogens (tertiary/aromatic N) is 4. The molecule has 0 aliphatic rings. The van der Waals surface area contributed by atoms with E-state index in [0.717, 1.165) is 35.2 Å². The lowest BCUT2D eigenvalue weighted by atomic mass is 10.1. The Labute approximate surface area is 166 Å². The molecule has 2 aromatic rings. The molecule has 2 N–H and O–H groups in total. The van der Waals surface area contributed by atoms with Crippen LogP contribution in [0.1, 0.15) is 23.9 Å². The van der Waals surface area contributed by atoms with Gasteiger partial charge in [-0.2, -0.15) is 5.10 Å². The number of benzene rings is 1. The highest BCUT2D eigenvalue weighted by Crippen LogP contribution is 2.21. The molecule has 0 aliphatic heterocycles. The predicted molar refractivity (Wildman–Crippen MR) is 111 cm³/mol. The normalized spacial score (nSPS) is 11.0. The van der Waals surface area contributed by atoms with Gasteiger partial charge in [0.2, 0.25) is 0 Å². The Kier molecular flexibility index (Phi) is 9.25. The van der Waals surface area contributed by atoms with Crippen LogP contribution in [0, 0.1) is 13.8 Å². The number of aromatic nitrogens is 3. The monoisotopic (exact) mass is 458 g/mol. The van der Waals surface area contributed by atoms with E-state index in [4.69, 9.17) is 4.74 Å². The van der Waals surface area contributed by atoms with Crippen LogP contribution in [0.15, 0.2) is 29.5 Å². The first kappa shape index (κ1) is 21.2. The van der Waals surface area contributed by atoms with E-state index in [1.165, 1.54) is 6.33 Å². The minimum atomic E-state index is 0. The molecule has 0 aliphatic carbocycles. The Hall–Kier alpha value is -1.84. The summed E-state index contributed by atoms with van der Waals surface area (Å²) in [7, 11) is 1.86. The summed E-state index contributed by atoms with van der Waals surface area (Å²) in [5.74, 6) is 2.52. The van der Waals surface area contributed by atoms with Crippen LogP contribution in [-0.4, -0.2) is 40.4 Å². The van der Waals surface area contributed by atoms with Gasteiger partial charge in [0.1, 0.15) is 31.1 Å². The molecule has 0 saturated heterocycles. The van der Waals surface area contributed by atoms with E-state index in [1.54, 1.807) is 4.68 Å². The molecule has 0 amide bonds. The van der Waals surface area contributed by atoms with Crippen molar-refractivity contribution in [2.75, 3.05) is 19.7 Å². The number of para-hydroxylation sites is 1. The summed E-state index contributed by atoms with van der Waals surface area (Å²) in [6, 6.07) is 6.16. The van der Waals surface area contributed by atoms with Crippen LogP contribution in [0.2, 0.25) is 0 Å². The van der Waals surface area contributed by atoms with E-state index in [2.05, 4.69) is 51.7 Å². The first-order chi connectivity index (χ1) is 11.6. The van der Waals surface area contributed by atoms with Crippen molar-refractivity contribution in [1.82, 2.24) is 25.4 Å². The molecule has 7 nitrogen and oxygen atoms in total. The zero-order chi connectivity index (χ0) is 17.4. The number of aryl methyl sites for hydroxylation is 3. The van der Waals surface area contributed by atoms with Gasteiger partial charge in [0.05, 0.1) is 6.54 Å². The average molecular weight is 458 g/mol. The third kappa shape index (κ3) is 6.52. The minimum Gasteiger partial charge on any atom is -0.491 e. The van der Waals surface area contributed by atoms with Gasteiger partial charge in [0, 0.05) is 13.6 Å². The third-order valence-electron chi connectivity index (χ3n) is 3.58. The van der Waals surface area contributed by atoms with Gasteiger partial charge < -0.3 is 15.4 Å². The second-order valence-electron chi connectivity index (χ2n) is 5.49. The maximum Gasteiger partial charge on any atom is 0.191 e. The van der Waals surface area contributed by atoms with Crippen molar-refractivity contribution >= 4 is 29.9 Å². The highest BCUT2D eigenvalue weighted by molar-refractivity contribution is 14.0. The van der Waals surface area contributed by atoms with Gasteiger partial charge in [-0.15, -0.1) is 24.0 Å². The molecular weight excluding hydrogens is 431 g/mol. The molecule has 0 saturated carbocycles. The number of halogens is 1. The Morgan fingerprint density at radius 2 is 1.96 bits per heavy atom. The summed E-state index contributed by atoms with van der Waals surface area (Å²) in [5.41, 5.74) is 2.30. The summed E-state index contributed by atoms with van der Waals surface area (Å²) in [4.78, 5) is 8.68. The molecule has 0 atom stereocenters. The molecule has 0 fully saturated rings. The van der Waals surface area contributed by atoms with Crippen molar-refractivity contribution in [2.45, 2.75) is 27.3 Å². The zero-order valence-electron chi connectivity index (χ0n) is 15.2. The fraction of sp³-hybridized carbons (Fsp3) is 0.471. The van der Waals surface area contributed by atoms with Crippen molar-refractivity contribution in [3.63, 3.8) is 0 Å². The van der Waals surface area contributed by atoms with Gasteiger partial charge in [0.15, 0.2) is 5.96 Å². The molecule has 8 heteroatoms. The molecule has 1 heterocycles. The molecule has 0 bridgehead atoms. The molecule has 1 aromatic carbocycles. The molecule has 2 rings (SSSR count). The maximum atomic E-state index is 5.89. The van der Waals surface area contributed by atoms with Crippen LogP contribution >= 0.6 is 24.0 Å². The van der Waals surface area contributed by atoms with Crippen LogP contribution in [-0.2, 0) is 13.6 Å². The standard InChI is InChI=1S/C17H26N6O.HI/c1-5-18-17(20-11-15-21-12-22-23(15)4)19-9-10-24-16-13(2)7-6-8-14(16)3;/h6-8,12H,5,9-11H2,1-4H3,(H2,18,19,20);1H. The fourth-order valence-electron chi connectivity index (χ4n) is 2.30. The summed E-state index contributed by atoms with van der Waals surface area (Å²) < 4.78 is 7.61. The van der Waals surface area contributed by atoms with Gasteiger partial charge in [-0.3, -0.25) is 4.68 Å². The highest BCUT2D eigenvalue weighted by Gasteiger charge is 2.04. The van der Waals surface area contributed by atoms with E-state index in [9.17, 15) is 0 Å². The van der Waals surface area contributed by atoms with Gasteiger partial charge in [0.25, 0.3) is 0 Å². The topological polar surface area (TPSA) is 76.4 Å². The molecule has 25 heavy (non-hydrogen) atoms. The van der Waals surface area contributed by atoms with Gasteiger partial charge in [-0.1, -0.05) is 18.2 Å². The number of ether oxygens (including phenoxy) is 1. The van der Waals surface area contributed by atoms with Crippen molar-refractivity contribution < 1.29 is 4.74 Å². The average Bonchev–Trinajstić information content (AvgIpc) is 2.96. The van der Waals surface area contributed by atoms with E-state index < -0.39 is 0 Å². The van der Waals surface area contributed by atoms with Crippen LogP contribution in [0.25, 0.3) is 0 Å². The lowest BCUT2D eigenvalue weighted by molar-refractivity contribution is 0.317. The second-order valence-corrected chi connectivity index (χ2v) is 5.49. The zero-order valence-corrected chi connectivity index (χ0v) is 17.6. The summed E-state index contributed by atoms with van der Waals surface area (Å²) in [6.45, 7) is 8.65. The molecule has 0 radical (unpaired) electrons. The Morgan fingerprint density at radius 1 is 1.24 bits per heavy atom. The second kappa shape index (κ2) is 10.9. The van der Waals surface area contributed by atoms with Crippen LogP contribution in [0.4, 0.5) is 0 Å². The number of hydrogen-bond acceptors (Lipinski definition) is 4. The Bertz CT molecular complexity index is 665. The van der Waals surface area contributed by atoms with Crippen molar-refractivity contribution in [3.8, 4) is 5.75 Å². The Morgan fingerprint density at radius 3 is 2.56 bits per heavy atom. The number of nitrogens with one attached hydrogen (secondary N) is 2. The summed E-state index contributed by atoms with van der Waals surface area (Å²) in [6.07, 6.45) is 1.53. The van der Waals surface area contributed by atoms with Gasteiger partial charge in [-0.25, -0.2) is 9.98 Å². The molecule has 0 spiro atoms. The summed E-state index contributed by atoms with van der Waals surface area (Å²) in [5, 5.41) is 10.5.